The molecule has 122 valence electrons. The summed E-state index contributed by atoms with van der Waals surface area (Å²) in [5.74, 6) is 1.18. The van der Waals surface area contributed by atoms with Gasteiger partial charge in [-0.25, -0.2) is 15.0 Å². The summed E-state index contributed by atoms with van der Waals surface area (Å²) in [5, 5.41) is 2.79. The third-order valence-electron chi connectivity index (χ3n) is 3.44. The second-order valence-electron chi connectivity index (χ2n) is 6.44. The van der Waals surface area contributed by atoms with Gasteiger partial charge in [0.1, 0.15) is 5.82 Å². The lowest BCUT2D eigenvalue weighted by molar-refractivity contribution is 0.102. The molecule has 0 unspecified atom stereocenters. The number of amides is 1. The monoisotopic (exact) mass is 322 g/mol. The van der Waals surface area contributed by atoms with Gasteiger partial charge in [-0.2, -0.15) is 0 Å². The number of oxazole rings is 1. The van der Waals surface area contributed by atoms with Gasteiger partial charge >= 0.3 is 0 Å². The number of rotatable bonds is 3. The maximum absolute atomic E-state index is 12.3. The van der Waals surface area contributed by atoms with Crippen molar-refractivity contribution < 1.29 is 9.21 Å². The number of hydrogen-bond acceptors (Lipinski definition) is 5. The van der Waals surface area contributed by atoms with E-state index in [9.17, 15) is 4.79 Å². The molecule has 0 radical (unpaired) electrons. The van der Waals surface area contributed by atoms with Gasteiger partial charge in [0.05, 0.1) is 24.3 Å². The minimum Gasteiger partial charge on any atom is -0.444 e. The van der Waals surface area contributed by atoms with Crippen molar-refractivity contribution in [2.75, 3.05) is 5.32 Å². The molecule has 2 heterocycles. The molecule has 0 aliphatic rings. The quantitative estimate of drug-likeness (QED) is 0.795. The first-order chi connectivity index (χ1) is 11.4. The molecule has 0 atom stereocenters. The minimum absolute atomic E-state index is 0.126. The largest absolute Gasteiger partial charge is 0.444 e. The zero-order chi connectivity index (χ0) is 17.2. The van der Waals surface area contributed by atoms with E-state index >= 15 is 0 Å². The van der Waals surface area contributed by atoms with Gasteiger partial charge in [-0.1, -0.05) is 32.9 Å². The van der Waals surface area contributed by atoms with Crippen LogP contribution in [0.5, 0.6) is 0 Å². The predicted octanol–water partition coefficient (Wildman–Crippen LogP) is 3.68. The molecule has 0 aliphatic carbocycles. The summed E-state index contributed by atoms with van der Waals surface area (Å²) in [4.78, 5) is 24.8. The molecular weight excluding hydrogens is 304 g/mol. The maximum Gasteiger partial charge on any atom is 0.255 e. The van der Waals surface area contributed by atoms with Crippen LogP contribution in [0, 0.1) is 0 Å². The molecule has 3 aromatic rings. The number of aromatic nitrogens is 3. The van der Waals surface area contributed by atoms with E-state index < -0.39 is 0 Å². The third kappa shape index (κ3) is 3.48. The van der Waals surface area contributed by atoms with Crippen LogP contribution in [0.3, 0.4) is 0 Å². The highest BCUT2D eigenvalue weighted by Gasteiger charge is 2.17. The summed E-state index contributed by atoms with van der Waals surface area (Å²) >= 11 is 0. The van der Waals surface area contributed by atoms with Crippen molar-refractivity contribution in [1.82, 2.24) is 15.0 Å². The normalized spacial score (nSPS) is 11.3. The Kier molecular flexibility index (Phi) is 4.12. The molecule has 6 nitrogen and oxygen atoms in total. The van der Waals surface area contributed by atoms with Crippen molar-refractivity contribution in [2.24, 2.45) is 0 Å². The smallest absolute Gasteiger partial charge is 0.255 e. The molecule has 3 rings (SSSR count). The molecule has 0 saturated heterocycles. The van der Waals surface area contributed by atoms with Gasteiger partial charge in [-0.05, 0) is 12.1 Å². The Morgan fingerprint density at radius 2 is 1.71 bits per heavy atom. The number of anilines is 1. The Bertz CT molecular complexity index is 817. The van der Waals surface area contributed by atoms with Crippen molar-refractivity contribution in [3.63, 3.8) is 0 Å². The Labute approximate surface area is 140 Å². The van der Waals surface area contributed by atoms with Crippen LogP contribution < -0.4 is 5.32 Å². The van der Waals surface area contributed by atoms with Crippen molar-refractivity contribution in [3.05, 3.63) is 60.6 Å². The second-order valence-corrected chi connectivity index (χ2v) is 6.44. The van der Waals surface area contributed by atoms with E-state index in [-0.39, 0.29) is 11.3 Å². The summed E-state index contributed by atoms with van der Waals surface area (Å²) in [6, 6.07) is 7.10. The number of hydrogen-bond donors (Lipinski definition) is 1. The molecular formula is C18H18N4O2. The van der Waals surface area contributed by atoms with Crippen LogP contribution in [-0.2, 0) is 5.41 Å². The molecule has 0 bridgehead atoms. The highest BCUT2D eigenvalue weighted by atomic mass is 16.3. The van der Waals surface area contributed by atoms with Gasteiger partial charge in [-0.3, -0.25) is 4.79 Å². The van der Waals surface area contributed by atoms with Crippen molar-refractivity contribution in [2.45, 2.75) is 26.2 Å². The lowest BCUT2D eigenvalue weighted by Crippen LogP contribution is -2.17. The Morgan fingerprint density at radius 3 is 2.25 bits per heavy atom. The predicted molar refractivity (Wildman–Crippen MR) is 90.6 cm³/mol. The van der Waals surface area contributed by atoms with Gasteiger partial charge in [0.2, 0.25) is 0 Å². The van der Waals surface area contributed by atoms with Gasteiger partial charge < -0.3 is 9.73 Å². The Balaban J connectivity index is 1.71. The van der Waals surface area contributed by atoms with Crippen LogP contribution in [0.15, 0.2) is 53.7 Å². The van der Waals surface area contributed by atoms with Crippen molar-refractivity contribution >= 4 is 11.6 Å². The number of nitrogens with one attached hydrogen (secondary N) is 1. The lowest BCUT2D eigenvalue weighted by Gasteiger charge is -2.16. The number of carbonyl (C=O) groups is 1. The zero-order valence-corrected chi connectivity index (χ0v) is 13.8. The fraction of sp³-hybridized carbons (Fsp3) is 0.222. The molecule has 0 spiro atoms. The number of benzene rings is 1. The fourth-order valence-electron chi connectivity index (χ4n) is 2.13. The van der Waals surface area contributed by atoms with E-state index in [2.05, 4.69) is 20.3 Å². The van der Waals surface area contributed by atoms with Crippen LogP contribution in [-0.4, -0.2) is 20.9 Å². The Morgan fingerprint density at radius 1 is 1.04 bits per heavy atom. The summed E-state index contributed by atoms with van der Waals surface area (Å²) < 4.78 is 5.23. The first-order valence-electron chi connectivity index (χ1n) is 7.56. The first-order valence-corrected chi connectivity index (χ1v) is 7.56. The number of carbonyl (C=O) groups excluding carboxylic acids is 1. The summed E-state index contributed by atoms with van der Waals surface area (Å²) in [5.41, 5.74) is 1.84. The van der Waals surface area contributed by atoms with E-state index in [1.165, 1.54) is 6.39 Å². The van der Waals surface area contributed by atoms with E-state index in [1.807, 2.05) is 32.9 Å². The molecule has 1 amide bonds. The van der Waals surface area contributed by atoms with E-state index in [1.54, 1.807) is 30.7 Å². The Hall–Kier alpha value is -3.02. The number of nitrogens with zero attached hydrogens (tertiary/aromatic N) is 3. The lowest BCUT2D eigenvalue weighted by atomic mass is 9.96. The van der Waals surface area contributed by atoms with Crippen LogP contribution in [0.1, 0.15) is 37.0 Å². The second kappa shape index (κ2) is 6.23. The average Bonchev–Trinajstić information content (AvgIpc) is 3.09. The van der Waals surface area contributed by atoms with E-state index in [4.69, 9.17) is 4.42 Å². The third-order valence-corrected chi connectivity index (χ3v) is 3.44. The zero-order valence-electron chi connectivity index (χ0n) is 13.8. The molecule has 1 aromatic carbocycles. The van der Waals surface area contributed by atoms with Crippen LogP contribution >= 0.6 is 0 Å². The summed E-state index contributed by atoms with van der Waals surface area (Å²) in [6.07, 6.45) is 6.24. The molecule has 0 fully saturated rings. The highest BCUT2D eigenvalue weighted by molar-refractivity contribution is 6.04. The van der Waals surface area contributed by atoms with Crippen LogP contribution in [0.4, 0.5) is 5.69 Å². The molecule has 24 heavy (non-hydrogen) atoms. The average molecular weight is 322 g/mol. The molecule has 6 heteroatoms. The van der Waals surface area contributed by atoms with Gasteiger partial charge in [-0.15, -0.1) is 0 Å². The van der Waals surface area contributed by atoms with Crippen molar-refractivity contribution in [3.8, 4) is 11.3 Å². The topological polar surface area (TPSA) is 80.9 Å². The minimum atomic E-state index is -0.216. The first kappa shape index (κ1) is 15.9. The van der Waals surface area contributed by atoms with Gasteiger partial charge in [0, 0.05) is 16.5 Å². The standard InChI is InChI=1S/C18H18N4O2/c1-18(2,3)17-20-8-14(9-21-17)22-16(23)13-6-4-12(5-7-13)15-10-19-11-24-15/h4-11H,1-3H3,(H,22,23). The maximum atomic E-state index is 12.3. The molecule has 2 aromatic heterocycles. The van der Waals surface area contributed by atoms with Gasteiger partial charge in [0.15, 0.2) is 12.2 Å². The van der Waals surface area contributed by atoms with E-state index in [0.717, 1.165) is 11.4 Å². The molecule has 1 N–H and O–H groups in total. The summed E-state index contributed by atoms with van der Waals surface area (Å²) in [6.45, 7) is 6.12. The van der Waals surface area contributed by atoms with Gasteiger partial charge in [0.25, 0.3) is 5.91 Å². The SMILES string of the molecule is CC(C)(C)c1ncc(NC(=O)c2ccc(-c3cnco3)cc2)cn1. The highest BCUT2D eigenvalue weighted by Crippen LogP contribution is 2.20. The molecule has 0 saturated carbocycles. The summed E-state index contributed by atoms with van der Waals surface area (Å²) in [7, 11) is 0. The van der Waals surface area contributed by atoms with Crippen LogP contribution in [0.25, 0.3) is 11.3 Å². The van der Waals surface area contributed by atoms with E-state index in [0.29, 0.717) is 17.0 Å². The molecule has 0 aliphatic heterocycles. The van der Waals surface area contributed by atoms with Crippen molar-refractivity contribution in [1.29, 1.82) is 0 Å². The van der Waals surface area contributed by atoms with Crippen LogP contribution in [0.2, 0.25) is 0 Å². The fourth-order valence-corrected chi connectivity index (χ4v) is 2.13.